The molecular formula is C23H32N6O6. The van der Waals surface area contributed by atoms with Gasteiger partial charge in [-0.1, -0.05) is 26.0 Å². The van der Waals surface area contributed by atoms with Gasteiger partial charge < -0.3 is 36.9 Å². The van der Waals surface area contributed by atoms with Crippen molar-refractivity contribution in [1.82, 2.24) is 25.9 Å². The maximum Gasteiger partial charge on any atom is 0.326 e. The number of aromatic hydroxyl groups is 1. The molecule has 1 aromatic carbocycles. The largest absolute Gasteiger partial charge is 0.508 e. The fourth-order valence-corrected chi connectivity index (χ4v) is 3.26. The minimum Gasteiger partial charge on any atom is -0.508 e. The second-order valence-corrected chi connectivity index (χ2v) is 8.62. The zero-order valence-corrected chi connectivity index (χ0v) is 19.8. The van der Waals surface area contributed by atoms with Crippen LogP contribution in [0.5, 0.6) is 5.75 Å². The molecule has 0 fully saturated rings. The van der Waals surface area contributed by atoms with E-state index in [4.69, 9.17) is 5.73 Å². The predicted octanol–water partition coefficient (Wildman–Crippen LogP) is -0.557. The number of carboxylic acids is 1. The molecule has 12 nitrogen and oxygen atoms in total. The van der Waals surface area contributed by atoms with Gasteiger partial charge in [-0.2, -0.15) is 0 Å². The molecule has 190 valence electrons. The highest BCUT2D eigenvalue weighted by atomic mass is 16.4. The van der Waals surface area contributed by atoms with Crippen LogP contribution in [0.15, 0.2) is 36.8 Å². The molecule has 0 bridgehead atoms. The molecule has 0 saturated heterocycles. The maximum atomic E-state index is 12.8. The first-order chi connectivity index (χ1) is 16.5. The number of phenols is 1. The quantitative estimate of drug-likeness (QED) is 0.206. The summed E-state index contributed by atoms with van der Waals surface area (Å²) >= 11 is 0. The van der Waals surface area contributed by atoms with Crippen molar-refractivity contribution in [3.05, 3.63) is 48.0 Å². The molecule has 8 N–H and O–H groups in total. The monoisotopic (exact) mass is 488 g/mol. The number of imidazole rings is 1. The number of aliphatic carboxylic acids is 1. The summed E-state index contributed by atoms with van der Waals surface area (Å²) in [4.78, 5) is 56.1. The lowest BCUT2D eigenvalue weighted by Crippen LogP contribution is -2.58. The van der Waals surface area contributed by atoms with Crippen molar-refractivity contribution in [2.75, 3.05) is 0 Å². The van der Waals surface area contributed by atoms with Gasteiger partial charge in [-0.3, -0.25) is 14.4 Å². The van der Waals surface area contributed by atoms with Gasteiger partial charge in [-0.25, -0.2) is 9.78 Å². The topological polar surface area (TPSA) is 200 Å². The molecule has 1 heterocycles. The van der Waals surface area contributed by atoms with Crippen molar-refractivity contribution >= 4 is 23.7 Å². The Kier molecular flexibility index (Phi) is 9.76. The number of nitrogens with zero attached hydrogens (tertiary/aromatic N) is 1. The number of benzene rings is 1. The number of nitrogens with two attached hydrogens (primary N) is 1. The van der Waals surface area contributed by atoms with Crippen molar-refractivity contribution in [2.45, 2.75) is 57.8 Å². The van der Waals surface area contributed by atoms with Crippen LogP contribution in [0.1, 0.15) is 32.0 Å². The summed E-state index contributed by atoms with van der Waals surface area (Å²) < 4.78 is 0. The Morgan fingerprint density at radius 3 is 2.17 bits per heavy atom. The number of phenolic OH excluding ortho intramolecular Hbond substituents is 1. The molecule has 0 aliphatic heterocycles. The normalized spacial score (nSPS) is 14.4. The standard InChI is InChI=1S/C23H32N6O6/c1-12(2)19(29-21(32)17(24)8-14-4-6-16(30)7-5-14)22(33)27-13(3)20(31)28-18(23(34)35)9-15-10-25-11-26-15/h4-7,10-13,17-19,30H,8-9,24H2,1-3H3,(H,25,26)(H,27,33)(H,28,31)(H,29,32)(H,34,35). The second-order valence-electron chi connectivity index (χ2n) is 8.62. The van der Waals surface area contributed by atoms with Crippen molar-refractivity contribution in [3.8, 4) is 5.75 Å². The van der Waals surface area contributed by atoms with E-state index in [9.17, 15) is 29.4 Å². The van der Waals surface area contributed by atoms with Crippen LogP contribution in [0.3, 0.4) is 0 Å². The summed E-state index contributed by atoms with van der Waals surface area (Å²) in [6, 6.07) is 2.08. The summed E-state index contributed by atoms with van der Waals surface area (Å²) in [6.07, 6.45) is 3.04. The van der Waals surface area contributed by atoms with Gasteiger partial charge in [0.05, 0.1) is 12.4 Å². The molecule has 3 amide bonds. The van der Waals surface area contributed by atoms with E-state index in [1.165, 1.54) is 31.6 Å². The Morgan fingerprint density at radius 1 is 0.971 bits per heavy atom. The number of amides is 3. The van der Waals surface area contributed by atoms with Gasteiger partial charge in [-0.05, 0) is 37.0 Å². The third kappa shape index (κ3) is 8.41. The van der Waals surface area contributed by atoms with Crippen molar-refractivity contribution in [2.24, 2.45) is 11.7 Å². The summed E-state index contributed by atoms with van der Waals surface area (Å²) in [5, 5.41) is 26.3. The number of carbonyl (C=O) groups is 4. The first kappa shape index (κ1) is 27.3. The number of carboxylic acid groups (broad SMARTS) is 1. The van der Waals surface area contributed by atoms with E-state index in [0.717, 1.165) is 5.56 Å². The van der Waals surface area contributed by atoms with Gasteiger partial charge >= 0.3 is 5.97 Å². The lowest BCUT2D eigenvalue weighted by atomic mass is 10.0. The van der Waals surface area contributed by atoms with Gasteiger partial charge in [0.25, 0.3) is 0 Å². The van der Waals surface area contributed by atoms with Crippen LogP contribution >= 0.6 is 0 Å². The van der Waals surface area contributed by atoms with Crippen LogP contribution in [0, 0.1) is 5.92 Å². The summed E-state index contributed by atoms with van der Waals surface area (Å²) in [7, 11) is 0. The smallest absolute Gasteiger partial charge is 0.326 e. The van der Waals surface area contributed by atoms with Gasteiger partial charge in [0.1, 0.15) is 23.9 Å². The van der Waals surface area contributed by atoms with E-state index in [1.54, 1.807) is 26.0 Å². The molecule has 2 rings (SSSR count). The van der Waals surface area contributed by atoms with Gasteiger partial charge in [0.2, 0.25) is 17.7 Å². The van der Waals surface area contributed by atoms with E-state index in [-0.39, 0.29) is 24.5 Å². The van der Waals surface area contributed by atoms with Crippen molar-refractivity contribution in [3.63, 3.8) is 0 Å². The molecule has 4 unspecified atom stereocenters. The molecule has 0 radical (unpaired) electrons. The highest BCUT2D eigenvalue weighted by molar-refractivity contribution is 5.94. The van der Waals surface area contributed by atoms with E-state index in [0.29, 0.717) is 5.69 Å². The number of hydrogen-bond donors (Lipinski definition) is 7. The van der Waals surface area contributed by atoms with E-state index in [1.807, 2.05) is 0 Å². The molecule has 1 aromatic heterocycles. The van der Waals surface area contributed by atoms with Crippen LogP contribution in [0.4, 0.5) is 0 Å². The molecular weight excluding hydrogens is 456 g/mol. The van der Waals surface area contributed by atoms with E-state index >= 15 is 0 Å². The second kappa shape index (κ2) is 12.5. The van der Waals surface area contributed by atoms with Crippen LogP contribution in [0.2, 0.25) is 0 Å². The maximum absolute atomic E-state index is 12.8. The SMILES string of the molecule is CC(NC(=O)C(NC(=O)C(N)Cc1ccc(O)cc1)C(C)C)C(=O)NC(Cc1cnc[nH]1)C(=O)O. The average Bonchev–Trinajstić information content (AvgIpc) is 3.30. The Hall–Kier alpha value is -3.93. The molecule has 0 aliphatic rings. The Morgan fingerprint density at radius 2 is 1.63 bits per heavy atom. The molecule has 4 atom stereocenters. The van der Waals surface area contributed by atoms with Crippen molar-refractivity contribution in [1.29, 1.82) is 0 Å². The molecule has 0 saturated carbocycles. The number of aromatic nitrogens is 2. The molecule has 35 heavy (non-hydrogen) atoms. The number of rotatable bonds is 12. The number of nitrogens with one attached hydrogen (secondary N) is 4. The number of aromatic amines is 1. The van der Waals surface area contributed by atoms with Crippen LogP contribution in [-0.4, -0.2) is 68.0 Å². The van der Waals surface area contributed by atoms with E-state index in [2.05, 4.69) is 25.9 Å². The third-order valence-electron chi connectivity index (χ3n) is 5.32. The Balaban J connectivity index is 1.94. The summed E-state index contributed by atoms with van der Waals surface area (Å²) in [5.74, 6) is -3.30. The molecule has 2 aromatic rings. The third-order valence-corrected chi connectivity index (χ3v) is 5.32. The fraction of sp³-hybridized carbons (Fsp3) is 0.435. The summed E-state index contributed by atoms with van der Waals surface area (Å²) in [6.45, 7) is 4.87. The predicted molar refractivity (Wildman–Crippen MR) is 126 cm³/mol. The van der Waals surface area contributed by atoms with Gasteiger partial charge in [-0.15, -0.1) is 0 Å². The highest BCUT2D eigenvalue weighted by Crippen LogP contribution is 2.11. The fourth-order valence-electron chi connectivity index (χ4n) is 3.26. The first-order valence-electron chi connectivity index (χ1n) is 11.1. The zero-order chi connectivity index (χ0) is 26.1. The van der Waals surface area contributed by atoms with Crippen LogP contribution in [-0.2, 0) is 32.0 Å². The molecule has 0 spiro atoms. The Bertz CT molecular complexity index is 1010. The lowest BCUT2D eigenvalue weighted by molar-refractivity contribution is -0.142. The zero-order valence-electron chi connectivity index (χ0n) is 19.8. The lowest BCUT2D eigenvalue weighted by Gasteiger charge is -2.25. The van der Waals surface area contributed by atoms with Crippen molar-refractivity contribution < 1.29 is 29.4 Å². The number of carbonyl (C=O) groups excluding carboxylic acids is 3. The van der Waals surface area contributed by atoms with Crippen LogP contribution in [0.25, 0.3) is 0 Å². The van der Waals surface area contributed by atoms with Gasteiger partial charge in [0.15, 0.2) is 0 Å². The van der Waals surface area contributed by atoms with Gasteiger partial charge in [0, 0.05) is 18.3 Å². The average molecular weight is 489 g/mol. The minimum atomic E-state index is -1.23. The molecule has 0 aliphatic carbocycles. The summed E-state index contributed by atoms with van der Waals surface area (Å²) in [5.41, 5.74) is 7.26. The minimum absolute atomic E-state index is 0.00860. The first-order valence-corrected chi connectivity index (χ1v) is 11.1. The van der Waals surface area contributed by atoms with Crippen LogP contribution < -0.4 is 21.7 Å². The molecule has 12 heteroatoms. The number of H-pyrrole nitrogens is 1. The Labute approximate surface area is 202 Å². The highest BCUT2D eigenvalue weighted by Gasteiger charge is 2.30. The number of hydrogen-bond acceptors (Lipinski definition) is 7. The van der Waals surface area contributed by atoms with E-state index < -0.39 is 47.9 Å².